The van der Waals surface area contributed by atoms with Gasteiger partial charge in [-0.25, -0.2) is 14.4 Å². The van der Waals surface area contributed by atoms with E-state index in [1.54, 1.807) is 0 Å². The molecule has 0 saturated heterocycles. The zero-order valence-electron chi connectivity index (χ0n) is 8.71. The van der Waals surface area contributed by atoms with Crippen molar-refractivity contribution in [3.8, 4) is 0 Å². The van der Waals surface area contributed by atoms with E-state index in [1.165, 1.54) is 0 Å². The molecular formula is C11H10O6. The first kappa shape index (κ1) is 14.4. The van der Waals surface area contributed by atoms with E-state index in [9.17, 15) is 14.4 Å². The van der Waals surface area contributed by atoms with Gasteiger partial charge in [0.15, 0.2) is 0 Å². The average molecular weight is 238 g/mol. The van der Waals surface area contributed by atoms with Gasteiger partial charge in [-0.2, -0.15) is 0 Å². The molecule has 0 aromatic carbocycles. The topological polar surface area (TPSA) is 112 Å². The van der Waals surface area contributed by atoms with Crippen LogP contribution in [-0.4, -0.2) is 33.2 Å². The van der Waals surface area contributed by atoms with Crippen LogP contribution in [0.15, 0.2) is 48.1 Å². The van der Waals surface area contributed by atoms with Gasteiger partial charge < -0.3 is 15.3 Å². The average Bonchev–Trinajstić information content (AvgIpc) is 2.21. The van der Waals surface area contributed by atoms with E-state index in [0.29, 0.717) is 0 Å². The highest BCUT2D eigenvalue weighted by molar-refractivity contribution is 6.11. The number of hydrogen-bond acceptors (Lipinski definition) is 3. The van der Waals surface area contributed by atoms with Crippen molar-refractivity contribution < 1.29 is 29.7 Å². The van der Waals surface area contributed by atoms with Crippen LogP contribution < -0.4 is 0 Å². The minimum Gasteiger partial charge on any atom is -0.478 e. The van der Waals surface area contributed by atoms with Gasteiger partial charge in [-0.3, -0.25) is 0 Å². The van der Waals surface area contributed by atoms with Crippen molar-refractivity contribution in [2.45, 2.75) is 0 Å². The molecule has 0 heterocycles. The van der Waals surface area contributed by atoms with E-state index in [0.717, 1.165) is 18.2 Å². The molecule has 0 aliphatic heterocycles. The van der Waals surface area contributed by atoms with E-state index in [2.05, 4.69) is 13.2 Å². The first-order valence-electron chi connectivity index (χ1n) is 4.26. The molecule has 0 aromatic heterocycles. The summed E-state index contributed by atoms with van der Waals surface area (Å²) in [6.07, 6.45) is 2.72. The molecule has 0 atom stereocenters. The Morgan fingerprint density at radius 1 is 0.882 bits per heavy atom. The maximum absolute atomic E-state index is 10.9. The molecule has 0 radical (unpaired) electrons. The number of carboxylic acid groups (broad SMARTS) is 3. The van der Waals surface area contributed by atoms with Crippen LogP contribution in [0.1, 0.15) is 0 Å². The summed E-state index contributed by atoms with van der Waals surface area (Å²) >= 11 is 0. The van der Waals surface area contributed by atoms with Crippen LogP contribution in [0.5, 0.6) is 0 Å². The van der Waals surface area contributed by atoms with Gasteiger partial charge >= 0.3 is 17.9 Å². The Morgan fingerprint density at radius 2 is 1.41 bits per heavy atom. The van der Waals surface area contributed by atoms with Gasteiger partial charge in [0, 0.05) is 0 Å². The summed E-state index contributed by atoms with van der Waals surface area (Å²) in [6.45, 7) is 6.37. The molecule has 90 valence electrons. The van der Waals surface area contributed by atoms with Crippen LogP contribution in [0.25, 0.3) is 0 Å². The summed E-state index contributed by atoms with van der Waals surface area (Å²) in [5.74, 6) is -4.81. The normalized spacial score (nSPS) is 12.4. The smallest absolute Gasteiger partial charge is 0.337 e. The first-order chi connectivity index (χ1) is 7.86. The van der Waals surface area contributed by atoms with Crippen LogP contribution in [0.2, 0.25) is 0 Å². The zero-order chi connectivity index (χ0) is 13.6. The van der Waals surface area contributed by atoms with Gasteiger partial charge in [0.1, 0.15) is 0 Å². The molecule has 0 bridgehead atoms. The van der Waals surface area contributed by atoms with E-state index >= 15 is 0 Å². The van der Waals surface area contributed by atoms with Crippen molar-refractivity contribution in [3.63, 3.8) is 0 Å². The summed E-state index contributed by atoms with van der Waals surface area (Å²) < 4.78 is 0. The van der Waals surface area contributed by atoms with Gasteiger partial charge in [0.2, 0.25) is 0 Å². The number of allylic oxidation sites excluding steroid dienone is 2. The molecule has 0 aliphatic rings. The van der Waals surface area contributed by atoms with Crippen molar-refractivity contribution >= 4 is 17.9 Å². The molecular weight excluding hydrogens is 228 g/mol. The van der Waals surface area contributed by atoms with Crippen molar-refractivity contribution in [2.24, 2.45) is 0 Å². The summed E-state index contributed by atoms with van der Waals surface area (Å²) in [5, 5.41) is 26.4. The molecule has 6 heteroatoms. The van der Waals surface area contributed by atoms with Gasteiger partial charge in [-0.05, 0) is 6.08 Å². The fourth-order valence-corrected chi connectivity index (χ4v) is 1.05. The molecule has 0 amide bonds. The second kappa shape index (κ2) is 6.06. The second-order valence-corrected chi connectivity index (χ2v) is 2.72. The lowest BCUT2D eigenvalue weighted by Crippen LogP contribution is -2.16. The van der Waals surface area contributed by atoms with Crippen LogP contribution in [0.4, 0.5) is 0 Å². The Balaban J connectivity index is 6.16. The summed E-state index contributed by atoms with van der Waals surface area (Å²) in [7, 11) is 0. The summed E-state index contributed by atoms with van der Waals surface area (Å²) in [6, 6.07) is 0. The number of carboxylic acids is 3. The molecule has 0 unspecified atom stereocenters. The third kappa shape index (κ3) is 3.45. The molecule has 17 heavy (non-hydrogen) atoms. The van der Waals surface area contributed by atoms with E-state index in [-0.39, 0.29) is 0 Å². The predicted molar refractivity (Wildman–Crippen MR) is 58.4 cm³/mol. The molecule has 3 N–H and O–H groups in total. The van der Waals surface area contributed by atoms with Crippen LogP contribution in [0.3, 0.4) is 0 Å². The third-order valence-corrected chi connectivity index (χ3v) is 1.70. The van der Waals surface area contributed by atoms with E-state index < -0.39 is 34.6 Å². The lowest BCUT2D eigenvalue weighted by molar-refractivity contribution is -0.137. The van der Waals surface area contributed by atoms with E-state index in [4.69, 9.17) is 15.3 Å². The highest BCUT2D eigenvalue weighted by Gasteiger charge is 2.25. The van der Waals surface area contributed by atoms with Crippen molar-refractivity contribution in [2.75, 3.05) is 0 Å². The Labute approximate surface area is 96.5 Å². The monoisotopic (exact) mass is 238 g/mol. The maximum Gasteiger partial charge on any atom is 0.337 e. The van der Waals surface area contributed by atoms with Crippen molar-refractivity contribution in [1.82, 2.24) is 0 Å². The lowest BCUT2D eigenvalue weighted by atomic mass is 9.99. The molecule has 6 nitrogen and oxygen atoms in total. The van der Waals surface area contributed by atoms with Crippen LogP contribution >= 0.6 is 0 Å². The molecule has 0 aliphatic carbocycles. The number of aliphatic carboxylic acids is 3. The Bertz CT molecular complexity index is 453. The predicted octanol–water partition coefficient (Wildman–Crippen LogP) is 0.835. The minimum absolute atomic E-state index is 0.676. The molecule has 0 saturated carbocycles. The van der Waals surface area contributed by atoms with Crippen molar-refractivity contribution in [3.05, 3.63) is 48.1 Å². The van der Waals surface area contributed by atoms with E-state index in [1.807, 2.05) is 0 Å². The third-order valence-electron chi connectivity index (χ3n) is 1.70. The zero-order valence-corrected chi connectivity index (χ0v) is 8.71. The molecule has 0 spiro atoms. The number of hydrogen-bond donors (Lipinski definition) is 3. The minimum atomic E-state index is -1.67. The Kier molecular flexibility index (Phi) is 5.12. The quantitative estimate of drug-likeness (QED) is 0.467. The highest BCUT2D eigenvalue weighted by Crippen LogP contribution is 2.17. The Hall–Kier alpha value is -2.63. The van der Waals surface area contributed by atoms with Gasteiger partial charge in [0.05, 0.1) is 16.7 Å². The summed E-state index contributed by atoms with van der Waals surface area (Å²) in [5.41, 5.74) is -2.22. The maximum atomic E-state index is 10.9. The molecule has 0 aromatic rings. The van der Waals surface area contributed by atoms with Crippen LogP contribution in [-0.2, 0) is 14.4 Å². The van der Waals surface area contributed by atoms with Gasteiger partial charge in [0.25, 0.3) is 0 Å². The van der Waals surface area contributed by atoms with Gasteiger partial charge in [-0.1, -0.05) is 25.3 Å². The fourth-order valence-electron chi connectivity index (χ4n) is 1.05. The molecule has 0 fully saturated rings. The lowest BCUT2D eigenvalue weighted by Gasteiger charge is -2.05. The SMILES string of the molecule is C=C/C=C(C(=O)O)\C(C(=O)O)=C(/C=C)C(=O)O. The van der Waals surface area contributed by atoms with Gasteiger partial charge in [-0.15, -0.1) is 0 Å². The number of carbonyl (C=O) groups is 3. The highest BCUT2D eigenvalue weighted by atomic mass is 16.4. The molecule has 0 rings (SSSR count). The fraction of sp³-hybridized carbons (Fsp3) is 0. The summed E-state index contributed by atoms with van der Waals surface area (Å²) in [4.78, 5) is 32.5. The largest absolute Gasteiger partial charge is 0.478 e. The number of rotatable bonds is 6. The second-order valence-electron chi connectivity index (χ2n) is 2.72. The Morgan fingerprint density at radius 3 is 1.65 bits per heavy atom. The first-order valence-corrected chi connectivity index (χ1v) is 4.26. The standard InChI is InChI=1S/C11H10O6/c1-3-5-7(10(14)15)8(11(16)17)6(4-2)9(12)13/h3-5H,1-2H2,(H,12,13)(H,14,15)(H,16,17)/b7-5+,8-6-. The van der Waals surface area contributed by atoms with Crippen LogP contribution in [0, 0.1) is 0 Å². The van der Waals surface area contributed by atoms with Crippen molar-refractivity contribution in [1.29, 1.82) is 0 Å².